The maximum absolute atomic E-state index is 11.8. The Morgan fingerprint density at radius 1 is 1.41 bits per heavy atom. The number of nitrogens with one attached hydrogen (secondary N) is 2. The molecule has 94 valence electrons. The van der Waals surface area contributed by atoms with Gasteiger partial charge in [0, 0.05) is 13.1 Å². The second kappa shape index (κ2) is 6.83. The topological polar surface area (TPSA) is 66.9 Å². The van der Waals surface area contributed by atoms with Crippen molar-refractivity contribution < 1.29 is 4.79 Å². The first-order chi connectivity index (χ1) is 8.17. The number of hydrogen-bond acceptors (Lipinski definition) is 4. The van der Waals surface area contributed by atoms with Crippen LogP contribution in [0.2, 0.25) is 0 Å². The highest BCUT2D eigenvalue weighted by Crippen LogP contribution is 2.02. The van der Waals surface area contributed by atoms with E-state index in [9.17, 15) is 4.79 Å². The first kappa shape index (κ1) is 13.4. The summed E-state index contributed by atoms with van der Waals surface area (Å²) in [4.78, 5) is 19.9. The van der Waals surface area contributed by atoms with Crippen molar-refractivity contribution in [3.05, 3.63) is 18.1 Å². The Hall–Kier alpha value is -1.65. The van der Waals surface area contributed by atoms with Crippen LogP contribution in [-0.2, 0) is 0 Å². The molecule has 0 aromatic carbocycles. The monoisotopic (exact) mass is 236 g/mol. The molecule has 1 unspecified atom stereocenters. The Balaban J connectivity index is 2.59. The number of amides is 1. The molecule has 0 bridgehead atoms. The van der Waals surface area contributed by atoms with E-state index in [-0.39, 0.29) is 5.91 Å². The van der Waals surface area contributed by atoms with Crippen molar-refractivity contribution in [1.29, 1.82) is 0 Å². The van der Waals surface area contributed by atoms with Crippen molar-refractivity contribution in [3.63, 3.8) is 0 Å². The highest BCUT2D eigenvalue weighted by atomic mass is 16.1. The van der Waals surface area contributed by atoms with Crippen molar-refractivity contribution in [2.45, 2.75) is 27.2 Å². The maximum Gasteiger partial charge on any atom is 0.271 e. The van der Waals surface area contributed by atoms with Crippen LogP contribution in [0, 0.1) is 5.92 Å². The average molecular weight is 236 g/mol. The lowest BCUT2D eigenvalue weighted by Crippen LogP contribution is -2.29. The van der Waals surface area contributed by atoms with Gasteiger partial charge >= 0.3 is 0 Å². The lowest BCUT2D eigenvalue weighted by atomic mass is 10.1. The van der Waals surface area contributed by atoms with Gasteiger partial charge in [0.05, 0.1) is 12.4 Å². The van der Waals surface area contributed by atoms with Crippen LogP contribution in [0.25, 0.3) is 0 Å². The fourth-order valence-corrected chi connectivity index (χ4v) is 1.24. The SMILES string of the molecule is CCNc1cncc(C(=O)NCC(C)CC)n1. The zero-order valence-electron chi connectivity index (χ0n) is 10.7. The lowest BCUT2D eigenvalue weighted by Gasteiger charge is -2.10. The number of anilines is 1. The number of carbonyl (C=O) groups is 1. The Kier molecular flexibility index (Phi) is 5.39. The van der Waals surface area contributed by atoms with Crippen LogP contribution in [0.4, 0.5) is 5.82 Å². The number of hydrogen-bond donors (Lipinski definition) is 2. The van der Waals surface area contributed by atoms with E-state index in [1.165, 1.54) is 6.20 Å². The van der Waals surface area contributed by atoms with E-state index in [2.05, 4.69) is 34.4 Å². The summed E-state index contributed by atoms with van der Waals surface area (Å²) in [5, 5.41) is 5.87. The minimum atomic E-state index is -0.169. The Bertz CT molecular complexity index is 367. The molecule has 0 aliphatic heterocycles. The van der Waals surface area contributed by atoms with E-state index in [1.54, 1.807) is 6.20 Å². The smallest absolute Gasteiger partial charge is 0.271 e. The third-order valence-electron chi connectivity index (χ3n) is 2.53. The minimum Gasteiger partial charge on any atom is -0.369 e. The van der Waals surface area contributed by atoms with Crippen molar-refractivity contribution in [2.75, 3.05) is 18.4 Å². The quantitative estimate of drug-likeness (QED) is 0.788. The molecule has 5 nitrogen and oxygen atoms in total. The van der Waals surface area contributed by atoms with Crippen molar-refractivity contribution in [2.24, 2.45) is 5.92 Å². The largest absolute Gasteiger partial charge is 0.369 e. The molecule has 1 amide bonds. The molecule has 1 aromatic heterocycles. The third-order valence-corrected chi connectivity index (χ3v) is 2.53. The molecule has 0 fully saturated rings. The second-order valence-electron chi connectivity index (χ2n) is 4.04. The van der Waals surface area contributed by atoms with Gasteiger partial charge in [-0.05, 0) is 12.8 Å². The summed E-state index contributed by atoms with van der Waals surface area (Å²) >= 11 is 0. The fraction of sp³-hybridized carbons (Fsp3) is 0.583. The standard InChI is InChI=1S/C12H20N4O/c1-4-9(3)6-15-12(17)10-7-13-8-11(16-10)14-5-2/h7-9H,4-6H2,1-3H3,(H,14,16)(H,15,17). The van der Waals surface area contributed by atoms with Gasteiger partial charge in [0.25, 0.3) is 5.91 Å². The van der Waals surface area contributed by atoms with Crippen LogP contribution in [0.15, 0.2) is 12.4 Å². The molecule has 0 radical (unpaired) electrons. The number of nitrogens with zero attached hydrogens (tertiary/aromatic N) is 2. The number of carbonyl (C=O) groups excluding carboxylic acids is 1. The second-order valence-corrected chi connectivity index (χ2v) is 4.04. The molecule has 17 heavy (non-hydrogen) atoms. The molecular formula is C12H20N4O. The van der Waals surface area contributed by atoms with Crippen LogP contribution in [0.5, 0.6) is 0 Å². The van der Waals surface area contributed by atoms with Gasteiger partial charge in [0.2, 0.25) is 0 Å². The van der Waals surface area contributed by atoms with E-state index >= 15 is 0 Å². The van der Waals surface area contributed by atoms with Gasteiger partial charge in [0.15, 0.2) is 0 Å². The zero-order valence-corrected chi connectivity index (χ0v) is 10.7. The summed E-state index contributed by atoms with van der Waals surface area (Å²) in [6.07, 6.45) is 4.13. The van der Waals surface area contributed by atoms with Gasteiger partial charge in [-0.15, -0.1) is 0 Å². The van der Waals surface area contributed by atoms with E-state index in [0.717, 1.165) is 13.0 Å². The molecule has 0 aliphatic carbocycles. The van der Waals surface area contributed by atoms with Gasteiger partial charge in [-0.3, -0.25) is 9.78 Å². The van der Waals surface area contributed by atoms with Crippen molar-refractivity contribution in [3.8, 4) is 0 Å². The maximum atomic E-state index is 11.8. The Morgan fingerprint density at radius 3 is 2.82 bits per heavy atom. The highest BCUT2D eigenvalue weighted by Gasteiger charge is 2.09. The van der Waals surface area contributed by atoms with Gasteiger partial charge < -0.3 is 10.6 Å². The zero-order chi connectivity index (χ0) is 12.7. The molecule has 1 heterocycles. The third kappa shape index (κ3) is 4.38. The van der Waals surface area contributed by atoms with Crippen LogP contribution >= 0.6 is 0 Å². The van der Waals surface area contributed by atoms with Gasteiger partial charge in [-0.2, -0.15) is 0 Å². The Morgan fingerprint density at radius 2 is 2.18 bits per heavy atom. The molecule has 1 aromatic rings. The predicted molar refractivity (Wildman–Crippen MR) is 68.0 cm³/mol. The molecule has 0 spiro atoms. The van der Waals surface area contributed by atoms with E-state index in [4.69, 9.17) is 0 Å². The van der Waals surface area contributed by atoms with E-state index in [0.29, 0.717) is 24.0 Å². The molecule has 2 N–H and O–H groups in total. The first-order valence-electron chi connectivity index (χ1n) is 6.01. The van der Waals surface area contributed by atoms with Crippen molar-refractivity contribution >= 4 is 11.7 Å². The average Bonchev–Trinajstić information content (AvgIpc) is 2.36. The molecule has 1 rings (SSSR count). The van der Waals surface area contributed by atoms with Crippen LogP contribution < -0.4 is 10.6 Å². The highest BCUT2D eigenvalue weighted by molar-refractivity contribution is 5.92. The summed E-state index contributed by atoms with van der Waals surface area (Å²) in [5.74, 6) is 0.935. The Labute approximate surface area is 102 Å². The summed E-state index contributed by atoms with van der Waals surface area (Å²) in [7, 11) is 0. The van der Waals surface area contributed by atoms with Crippen LogP contribution in [0.1, 0.15) is 37.7 Å². The first-order valence-corrected chi connectivity index (χ1v) is 6.01. The molecule has 1 atom stereocenters. The lowest BCUT2D eigenvalue weighted by molar-refractivity contribution is 0.0942. The number of aromatic nitrogens is 2. The molecule has 0 aliphatic rings. The van der Waals surface area contributed by atoms with Gasteiger partial charge in [-0.25, -0.2) is 4.98 Å². The molecule has 5 heteroatoms. The normalized spacial score (nSPS) is 11.9. The van der Waals surface area contributed by atoms with E-state index < -0.39 is 0 Å². The van der Waals surface area contributed by atoms with Gasteiger partial charge in [0.1, 0.15) is 11.5 Å². The van der Waals surface area contributed by atoms with Crippen molar-refractivity contribution in [1.82, 2.24) is 15.3 Å². The molecular weight excluding hydrogens is 216 g/mol. The fourth-order valence-electron chi connectivity index (χ4n) is 1.24. The summed E-state index contributed by atoms with van der Waals surface area (Å²) in [6.45, 7) is 7.59. The van der Waals surface area contributed by atoms with Crippen LogP contribution in [-0.4, -0.2) is 29.0 Å². The minimum absolute atomic E-state index is 0.169. The van der Waals surface area contributed by atoms with E-state index in [1.807, 2.05) is 6.92 Å². The number of rotatable bonds is 6. The van der Waals surface area contributed by atoms with Gasteiger partial charge in [-0.1, -0.05) is 20.3 Å². The summed E-state index contributed by atoms with van der Waals surface area (Å²) in [6, 6.07) is 0. The summed E-state index contributed by atoms with van der Waals surface area (Å²) in [5.41, 5.74) is 0.353. The molecule has 0 saturated heterocycles. The molecule has 0 saturated carbocycles. The van der Waals surface area contributed by atoms with Crippen LogP contribution in [0.3, 0.4) is 0 Å². The predicted octanol–water partition coefficient (Wildman–Crippen LogP) is 1.68. The summed E-state index contributed by atoms with van der Waals surface area (Å²) < 4.78 is 0.